The molecular weight excluding hydrogens is 328 g/mol. The second kappa shape index (κ2) is 6.01. The Bertz CT molecular complexity index is 602. The number of nitrogens with one attached hydrogen (secondary N) is 1. The Morgan fingerprint density at radius 1 is 1.30 bits per heavy atom. The van der Waals surface area contributed by atoms with Gasteiger partial charge in [-0.3, -0.25) is 4.68 Å². The third-order valence-corrected chi connectivity index (χ3v) is 3.71. The first-order valence-corrected chi connectivity index (χ1v) is 7.03. The van der Waals surface area contributed by atoms with Gasteiger partial charge in [0.05, 0.1) is 5.69 Å². The van der Waals surface area contributed by atoms with Crippen molar-refractivity contribution in [3.05, 3.63) is 51.3 Å². The summed E-state index contributed by atoms with van der Waals surface area (Å²) in [6.07, 6.45) is 0.462. The van der Waals surface area contributed by atoms with Gasteiger partial charge in [-0.15, -0.1) is 0 Å². The standard InChI is InChI=1S/C14H16BrF2N3/c1-8-4-10(20(3)19-8)7-13(18-2)14-11(16)5-9(15)6-12(14)17/h4-6,13,18H,7H2,1-3H3. The van der Waals surface area contributed by atoms with Gasteiger partial charge in [-0.1, -0.05) is 15.9 Å². The summed E-state index contributed by atoms with van der Waals surface area (Å²) in [6.45, 7) is 1.89. The molecule has 0 radical (unpaired) electrons. The summed E-state index contributed by atoms with van der Waals surface area (Å²) >= 11 is 3.09. The van der Waals surface area contributed by atoms with Crippen molar-refractivity contribution < 1.29 is 8.78 Å². The van der Waals surface area contributed by atoms with Crippen molar-refractivity contribution in [2.45, 2.75) is 19.4 Å². The molecule has 1 aromatic heterocycles. The molecule has 1 aromatic carbocycles. The smallest absolute Gasteiger partial charge is 0.132 e. The van der Waals surface area contributed by atoms with Crippen LogP contribution in [0.5, 0.6) is 0 Å². The van der Waals surface area contributed by atoms with Crippen LogP contribution >= 0.6 is 15.9 Å². The number of likely N-dealkylation sites (N-methyl/N-ethyl adjacent to an activating group) is 1. The lowest BCUT2D eigenvalue weighted by molar-refractivity contribution is 0.480. The summed E-state index contributed by atoms with van der Waals surface area (Å²) in [4.78, 5) is 0. The first-order chi connectivity index (χ1) is 9.42. The molecule has 1 unspecified atom stereocenters. The first-order valence-electron chi connectivity index (χ1n) is 6.23. The number of aryl methyl sites for hydroxylation is 2. The fourth-order valence-electron chi connectivity index (χ4n) is 2.30. The summed E-state index contributed by atoms with van der Waals surface area (Å²) in [6, 6.07) is 4.02. The van der Waals surface area contributed by atoms with Crippen LogP contribution in [-0.4, -0.2) is 16.8 Å². The number of rotatable bonds is 4. The minimum Gasteiger partial charge on any atom is -0.312 e. The van der Waals surface area contributed by atoms with E-state index in [1.807, 2.05) is 20.0 Å². The van der Waals surface area contributed by atoms with E-state index in [1.165, 1.54) is 12.1 Å². The summed E-state index contributed by atoms with van der Waals surface area (Å²) in [5.41, 5.74) is 1.85. The van der Waals surface area contributed by atoms with E-state index in [0.29, 0.717) is 10.9 Å². The van der Waals surface area contributed by atoms with Crippen LogP contribution in [0.1, 0.15) is 23.0 Å². The number of halogens is 3. The summed E-state index contributed by atoms with van der Waals surface area (Å²) in [5.74, 6) is -1.12. The lowest BCUT2D eigenvalue weighted by atomic mass is 10.0. The monoisotopic (exact) mass is 343 g/mol. The van der Waals surface area contributed by atoms with E-state index >= 15 is 0 Å². The van der Waals surface area contributed by atoms with Crippen molar-refractivity contribution in [3.8, 4) is 0 Å². The van der Waals surface area contributed by atoms with Gasteiger partial charge in [0.2, 0.25) is 0 Å². The van der Waals surface area contributed by atoms with E-state index in [9.17, 15) is 8.78 Å². The largest absolute Gasteiger partial charge is 0.312 e. The van der Waals surface area contributed by atoms with Gasteiger partial charge in [0.1, 0.15) is 11.6 Å². The molecule has 0 fully saturated rings. The predicted molar refractivity (Wildman–Crippen MR) is 77.5 cm³/mol. The van der Waals surface area contributed by atoms with Crippen molar-refractivity contribution in [3.63, 3.8) is 0 Å². The Morgan fingerprint density at radius 2 is 1.90 bits per heavy atom. The van der Waals surface area contributed by atoms with E-state index in [0.717, 1.165) is 11.4 Å². The van der Waals surface area contributed by atoms with Gasteiger partial charge in [0.15, 0.2) is 0 Å². The van der Waals surface area contributed by atoms with E-state index in [1.54, 1.807) is 11.7 Å². The van der Waals surface area contributed by atoms with Crippen LogP contribution in [0.2, 0.25) is 0 Å². The molecule has 0 bridgehead atoms. The lowest BCUT2D eigenvalue weighted by Crippen LogP contribution is -2.22. The minimum atomic E-state index is -0.560. The molecule has 0 aliphatic carbocycles. The van der Waals surface area contributed by atoms with Gasteiger partial charge in [-0.05, 0) is 32.2 Å². The van der Waals surface area contributed by atoms with Crippen LogP contribution in [0, 0.1) is 18.6 Å². The van der Waals surface area contributed by atoms with Gasteiger partial charge in [0, 0.05) is 35.2 Å². The number of nitrogens with zero attached hydrogens (tertiary/aromatic N) is 2. The summed E-state index contributed by atoms with van der Waals surface area (Å²) in [7, 11) is 3.51. The zero-order chi connectivity index (χ0) is 14.9. The third kappa shape index (κ3) is 3.07. The molecule has 0 aliphatic rings. The minimum absolute atomic E-state index is 0.0505. The van der Waals surface area contributed by atoms with Gasteiger partial charge >= 0.3 is 0 Å². The molecule has 3 nitrogen and oxygen atoms in total. The topological polar surface area (TPSA) is 29.9 Å². The molecule has 6 heteroatoms. The first kappa shape index (κ1) is 15.1. The fraction of sp³-hybridized carbons (Fsp3) is 0.357. The molecule has 1 atom stereocenters. The highest BCUT2D eigenvalue weighted by atomic mass is 79.9. The normalized spacial score (nSPS) is 12.7. The highest BCUT2D eigenvalue weighted by molar-refractivity contribution is 9.10. The highest BCUT2D eigenvalue weighted by Crippen LogP contribution is 2.27. The molecule has 0 saturated heterocycles. The number of aromatic nitrogens is 2. The zero-order valence-electron chi connectivity index (χ0n) is 11.5. The van der Waals surface area contributed by atoms with Crippen LogP contribution in [0.3, 0.4) is 0 Å². The van der Waals surface area contributed by atoms with Crippen LogP contribution in [0.15, 0.2) is 22.7 Å². The van der Waals surface area contributed by atoms with E-state index < -0.39 is 17.7 Å². The second-order valence-corrected chi connectivity index (χ2v) is 5.64. The van der Waals surface area contributed by atoms with Crippen molar-refractivity contribution in [2.24, 2.45) is 7.05 Å². The Morgan fingerprint density at radius 3 is 2.35 bits per heavy atom. The van der Waals surface area contributed by atoms with Crippen LogP contribution < -0.4 is 5.32 Å². The number of benzene rings is 1. The Hall–Kier alpha value is -1.27. The average Bonchev–Trinajstić information content (AvgIpc) is 2.65. The maximum Gasteiger partial charge on any atom is 0.132 e. The van der Waals surface area contributed by atoms with Gasteiger partial charge in [-0.25, -0.2) is 8.78 Å². The Kier molecular flexibility index (Phi) is 4.55. The van der Waals surface area contributed by atoms with Crippen molar-refractivity contribution in [1.29, 1.82) is 0 Å². The molecular formula is C14H16BrF2N3. The highest BCUT2D eigenvalue weighted by Gasteiger charge is 2.21. The van der Waals surface area contributed by atoms with E-state index in [4.69, 9.17) is 0 Å². The van der Waals surface area contributed by atoms with Gasteiger partial charge in [0.25, 0.3) is 0 Å². The van der Waals surface area contributed by atoms with Crippen LogP contribution in [0.4, 0.5) is 8.78 Å². The quantitative estimate of drug-likeness (QED) is 0.923. The molecule has 0 spiro atoms. The van der Waals surface area contributed by atoms with E-state index in [-0.39, 0.29) is 5.56 Å². The predicted octanol–water partition coefficient (Wildman–Crippen LogP) is 3.27. The molecule has 0 amide bonds. The second-order valence-electron chi connectivity index (χ2n) is 4.73. The molecule has 0 saturated carbocycles. The lowest BCUT2D eigenvalue weighted by Gasteiger charge is -2.18. The average molecular weight is 344 g/mol. The number of hydrogen-bond donors (Lipinski definition) is 1. The van der Waals surface area contributed by atoms with Gasteiger partial charge < -0.3 is 5.32 Å². The van der Waals surface area contributed by atoms with Crippen molar-refractivity contribution in [2.75, 3.05) is 7.05 Å². The maximum atomic E-state index is 14.0. The number of hydrogen-bond acceptors (Lipinski definition) is 2. The molecule has 1 N–H and O–H groups in total. The molecule has 2 aromatic rings. The maximum absolute atomic E-state index is 14.0. The molecule has 108 valence electrons. The molecule has 0 aliphatic heterocycles. The Labute approximate surface area is 125 Å². The molecule has 1 heterocycles. The summed E-state index contributed by atoms with van der Waals surface area (Å²) in [5, 5.41) is 7.21. The zero-order valence-corrected chi connectivity index (χ0v) is 13.1. The van der Waals surface area contributed by atoms with E-state index in [2.05, 4.69) is 26.3 Å². The SMILES string of the molecule is CNC(Cc1cc(C)nn1C)c1c(F)cc(Br)cc1F. The van der Waals surface area contributed by atoms with Crippen LogP contribution in [0.25, 0.3) is 0 Å². The van der Waals surface area contributed by atoms with Crippen molar-refractivity contribution in [1.82, 2.24) is 15.1 Å². The molecule has 2 rings (SSSR count). The third-order valence-electron chi connectivity index (χ3n) is 3.25. The summed E-state index contributed by atoms with van der Waals surface area (Å²) < 4.78 is 30.2. The van der Waals surface area contributed by atoms with Crippen molar-refractivity contribution >= 4 is 15.9 Å². The fourth-order valence-corrected chi connectivity index (χ4v) is 2.70. The van der Waals surface area contributed by atoms with Gasteiger partial charge in [-0.2, -0.15) is 5.10 Å². The van der Waals surface area contributed by atoms with Crippen LogP contribution in [-0.2, 0) is 13.5 Å². The molecule has 20 heavy (non-hydrogen) atoms. The Balaban J connectivity index is 2.36.